The molecule has 1 fully saturated rings. The molecule has 0 aliphatic carbocycles. The van der Waals surface area contributed by atoms with Crippen molar-refractivity contribution in [3.05, 3.63) is 70.2 Å². The van der Waals surface area contributed by atoms with Crippen molar-refractivity contribution in [2.45, 2.75) is 44.8 Å². The highest BCUT2D eigenvalue weighted by Gasteiger charge is 2.23. The van der Waals surface area contributed by atoms with Gasteiger partial charge in [-0.2, -0.15) is 0 Å². The summed E-state index contributed by atoms with van der Waals surface area (Å²) in [7, 11) is 0. The molecule has 0 radical (unpaired) electrons. The summed E-state index contributed by atoms with van der Waals surface area (Å²) in [5.41, 5.74) is 3.98. The Morgan fingerprint density at radius 2 is 1.46 bits per heavy atom. The van der Waals surface area contributed by atoms with Crippen molar-refractivity contribution >= 4 is 11.6 Å². The molecule has 1 aliphatic heterocycles. The van der Waals surface area contributed by atoms with E-state index in [9.17, 15) is 0 Å². The van der Waals surface area contributed by atoms with Gasteiger partial charge >= 0.3 is 0 Å². The lowest BCUT2D eigenvalue weighted by atomic mass is 9.98. The van der Waals surface area contributed by atoms with Crippen molar-refractivity contribution in [3.8, 4) is 0 Å². The van der Waals surface area contributed by atoms with Gasteiger partial charge in [0.1, 0.15) is 0 Å². The fourth-order valence-corrected chi connectivity index (χ4v) is 3.21. The van der Waals surface area contributed by atoms with Crippen LogP contribution in [0.15, 0.2) is 48.5 Å². The highest BCUT2D eigenvalue weighted by atomic mass is 35.5. The monoisotopic (exact) mass is 344 g/mol. The maximum atomic E-state index is 5.92. The minimum absolute atomic E-state index is 0.101. The van der Waals surface area contributed by atoms with Crippen LogP contribution in [0.2, 0.25) is 5.02 Å². The molecule has 1 aliphatic rings. The summed E-state index contributed by atoms with van der Waals surface area (Å²) in [6.07, 6.45) is 4.05. The van der Waals surface area contributed by atoms with E-state index >= 15 is 0 Å². The number of hydrogen-bond donors (Lipinski definition) is 0. The van der Waals surface area contributed by atoms with E-state index in [1.807, 2.05) is 12.1 Å². The van der Waals surface area contributed by atoms with Crippen molar-refractivity contribution in [2.24, 2.45) is 0 Å². The first kappa shape index (κ1) is 17.5. The van der Waals surface area contributed by atoms with Gasteiger partial charge in [-0.15, -0.1) is 0 Å². The average Bonchev–Trinajstić information content (AvgIpc) is 2.63. The third kappa shape index (κ3) is 4.83. The predicted octanol–water partition coefficient (Wildman–Crippen LogP) is 5.38. The van der Waals surface area contributed by atoms with E-state index in [0.29, 0.717) is 5.92 Å². The molecular weight excluding hydrogens is 320 g/mol. The van der Waals surface area contributed by atoms with Crippen LogP contribution >= 0.6 is 11.6 Å². The molecule has 0 aromatic heterocycles. The van der Waals surface area contributed by atoms with Crippen molar-refractivity contribution in [1.29, 1.82) is 0 Å². The molecule has 0 unspecified atom stereocenters. The molecule has 1 heterocycles. The molecule has 128 valence electrons. The number of rotatable bonds is 6. The molecule has 3 heteroatoms. The van der Waals surface area contributed by atoms with Gasteiger partial charge in [0.05, 0.1) is 13.2 Å². The minimum atomic E-state index is -0.101. The third-order valence-electron chi connectivity index (χ3n) is 4.54. The fraction of sp³-hybridized carbons (Fsp3) is 0.429. The van der Waals surface area contributed by atoms with Gasteiger partial charge in [-0.3, -0.25) is 0 Å². The lowest BCUT2D eigenvalue weighted by Crippen LogP contribution is -2.31. The van der Waals surface area contributed by atoms with Gasteiger partial charge in [-0.25, -0.2) is 0 Å². The maximum Gasteiger partial charge on any atom is 0.157 e. The van der Waals surface area contributed by atoms with Gasteiger partial charge in [0.25, 0.3) is 0 Å². The van der Waals surface area contributed by atoms with Crippen LogP contribution < -0.4 is 0 Å². The number of aryl methyl sites for hydroxylation is 2. The first-order chi connectivity index (χ1) is 11.7. The topological polar surface area (TPSA) is 18.5 Å². The first-order valence-corrected chi connectivity index (χ1v) is 9.19. The van der Waals surface area contributed by atoms with Gasteiger partial charge < -0.3 is 9.47 Å². The SMILES string of the molecule is CCCc1ccc(C2COC(CCc3ccc(Cl)cc3)OC2)cc1. The largest absolute Gasteiger partial charge is 0.352 e. The Labute approximate surface area is 149 Å². The second kappa shape index (κ2) is 8.66. The van der Waals surface area contributed by atoms with Crippen molar-refractivity contribution in [2.75, 3.05) is 13.2 Å². The van der Waals surface area contributed by atoms with Gasteiger partial charge in [0.2, 0.25) is 0 Å². The molecule has 0 atom stereocenters. The number of ether oxygens (including phenoxy) is 2. The summed E-state index contributed by atoms with van der Waals surface area (Å²) in [6.45, 7) is 3.68. The quantitative estimate of drug-likeness (QED) is 0.700. The smallest absolute Gasteiger partial charge is 0.157 e. The summed E-state index contributed by atoms with van der Waals surface area (Å²) in [5.74, 6) is 0.340. The molecule has 2 nitrogen and oxygen atoms in total. The van der Waals surface area contributed by atoms with E-state index in [-0.39, 0.29) is 6.29 Å². The Balaban J connectivity index is 1.45. The van der Waals surface area contributed by atoms with Crippen molar-refractivity contribution in [1.82, 2.24) is 0 Å². The summed E-state index contributed by atoms with van der Waals surface area (Å²) in [5, 5.41) is 0.775. The second-order valence-electron chi connectivity index (χ2n) is 6.45. The van der Waals surface area contributed by atoms with E-state index < -0.39 is 0 Å². The van der Waals surface area contributed by atoms with E-state index in [1.165, 1.54) is 23.1 Å². The minimum Gasteiger partial charge on any atom is -0.352 e. The molecule has 3 rings (SSSR count). The highest BCUT2D eigenvalue weighted by Crippen LogP contribution is 2.25. The summed E-state index contributed by atoms with van der Waals surface area (Å²) < 4.78 is 11.8. The zero-order chi connectivity index (χ0) is 16.8. The van der Waals surface area contributed by atoms with Crippen molar-refractivity contribution in [3.63, 3.8) is 0 Å². The van der Waals surface area contributed by atoms with Crippen molar-refractivity contribution < 1.29 is 9.47 Å². The van der Waals surface area contributed by atoms with E-state index in [2.05, 4.69) is 43.3 Å². The zero-order valence-electron chi connectivity index (χ0n) is 14.2. The Kier molecular flexibility index (Phi) is 6.30. The van der Waals surface area contributed by atoms with Crippen LogP contribution in [-0.4, -0.2) is 19.5 Å². The lowest BCUT2D eigenvalue weighted by molar-refractivity contribution is -0.189. The van der Waals surface area contributed by atoms with E-state index in [0.717, 1.165) is 37.5 Å². The van der Waals surface area contributed by atoms with E-state index in [1.54, 1.807) is 0 Å². The molecule has 0 bridgehead atoms. The summed E-state index contributed by atoms with van der Waals surface area (Å²) >= 11 is 5.91. The number of halogens is 1. The molecule has 0 saturated carbocycles. The average molecular weight is 345 g/mol. The molecule has 1 saturated heterocycles. The Morgan fingerprint density at radius 3 is 2.08 bits per heavy atom. The molecule has 24 heavy (non-hydrogen) atoms. The zero-order valence-corrected chi connectivity index (χ0v) is 15.0. The fourth-order valence-electron chi connectivity index (χ4n) is 3.08. The Hall–Kier alpha value is -1.35. The molecule has 0 amide bonds. The number of hydrogen-bond acceptors (Lipinski definition) is 2. The van der Waals surface area contributed by atoms with Crippen LogP contribution in [0.3, 0.4) is 0 Å². The second-order valence-corrected chi connectivity index (χ2v) is 6.89. The van der Waals surface area contributed by atoms with Gasteiger partial charge in [0, 0.05) is 17.4 Å². The van der Waals surface area contributed by atoms with Crippen LogP contribution in [0.1, 0.15) is 42.4 Å². The van der Waals surface area contributed by atoms with Gasteiger partial charge in [-0.1, -0.05) is 61.3 Å². The summed E-state index contributed by atoms with van der Waals surface area (Å²) in [6, 6.07) is 16.9. The predicted molar refractivity (Wildman–Crippen MR) is 98.6 cm³/mol. The van der Waals surface area contributed by atoms with Crippen LogP contribution in [-0.2, 0) is 22.3 Å². The lowest BCUT2D eigenvalue weighted by Gasteiger charge is -2.30. The van der Waals surface area contributed by atoms with Crippen LogP contribution in [0.25, 0.3) is 0 Å². The normalized spacial score (nSPS) is 20.9. The molecule has 0 spiro atoms. The molecule has 2 aromatic carbocycles. The first-order valence-electron chi connectivity index (χ1n) is 8.81. The standard InChI is InChI=1S/C21H25ClO2/c1-2-3-16-4-9-18(10-5-16)19-14-23-21(24-15-19)13-8-17-6-11-20(22)12-7-17/h4-7,9-12,19,21H,2-3,8,13-15H2,1H3. The van der Waals surface area contributed by atoms with E-state index in [4.69, 9.17) is 21.1 Å². The van der Waals surface area contributed by atoms with Crippen LogP contribution in [0.4, 0.5) is 0 Å². The van der Waals surface area contributed by atoms with Crippen LogP contribution in [0, 0.1) is 0 Å². The Bertz CT molecular complexity index is 613. The molecule has 2 aromatic rings. The Morgan fingerprint density at radius 1 is 0.875 bits per heavy atom. The molecular formula is C21H25ClO2. The molecule has 0 N–H and O–H groups in total. The van der Waals surface area contributed by atoms with Crippen LogP contribution in [0.5, 0.6) is 0 Å². The van der Waals surface area contributed by atoms with Gasteiger partial charge in [0.15, 0.2) is 6.29 Å². The number of benzene rings is 2. The highest BCUT2D eigenvalue weighted by molar-refractivity contribution is 6.30. The third-order valence-corrected chi connectivity index (χ3v) is 4.79. The van der Waals surface area contributed by atoms with Gasteiger partial charge in [-0.05, 0) is 41.7 Å². The summed E-state index contributed by atoms with van der Waals surface area (Å²) in [4.78, 5) is 0. The maximum absolute atomic E-state index is 5.92.